The van der Waals surface area contributed by atoms with Gasteiger partial charge in [0.1, 0.15) is 17.9 Å². The number of imidazole rings is 1. The average Bonchev–Trinajstić information content (AvgIpc) is 3.16. The molecule has 4 aromatic rings. The molecule has 2 N–H and O–H groups in total. The number of benzene rings is 1. The van der Waals surface area contributed by atoms with Gasteiger partial charge in [-0.15, -0.1) is 11.3 Å². The van der Waals surface area contributed by atoms with Crippen molar-refractivity contribution in [2.45, 2.75) is 6.54 Å². The number of rotatable bonds is 3. The van der Waals surface area contributed by atoms with Gasteiger partial charge in [0.25, 0.3) is 0 Å². The van der Waals surface area contributed by atoms with Gasteiger partial charge in [-0.2, -0.15) is 0 Å². The molecule has 21 heavy (non-hydrogen) atoms. The predicted octanol–water partition coefficient (Wildman–Crippen LogP) is 3.38. The van der Waals surface area contributed by atoms with Gasteiger partial charge >= 0.3 is 0 Å². The van der Waals surface area contributed by atoms with Crippen LogP contribution in [-0.4, -0.2) is 14.5 Å². The Labute approximate surface area is 124 Å². The molecule has 6 heteroatoms. The molecule has 0 bridgehead atoms. The van der Waals surface area contributed by atoms with Crippen LogP contribution in [0.3, 0.4) is 0 Å². The van der Waals surface area contributed by atoms with Gasteiger partial charge in [-0.25, -0.2) is 9.97 Å². The van der Waals surface area contributed by atoms with E-state index in [4.69, 9.17) is 10.2 Å². The number of hydrogen-bond acceptors (Lipinski definition) is 5. The summed E-state index contributed by atoms with van der Waals surface area (Å²) in [5.74, 6) is 1.57. The quantitative estimate of drug-likeness (QED) is 0.588. The first-order valence-corrected chi connectivity index (χ1v) is 7.37. The van der Waals surface area contributed by atoms with Gasteiger partial charge in [0.05, 0.1) is 4.88 Å². The van der Waals surface area contributed by atoms with Crippen LogP contribution in [0.25, 0.3) is 21.8 Å². The fraction of sp³-hybridized carbons (Fsp3) is 0.0667. The normalized spacial score (nSPS) is 11.2. The summed E-state index contributed by atoms with van der Waals surface area (Å²) in [6.45, 7) is 0.543. The van der Waals surface area contributed by atoms with Crippen LogP contribution >= 0.6 is 11.3 Å². The molecule has 0 saturated carbocycles. The summed E-state index contributed by atoms with van der Waals surface area (Å²) in [6.07, 6.45) is 3.72. The topological polar surface area (TPSA) is 69.9 Å². The maximum atomic E-state index is 5.76. The van der Waals surface area contributed by atoms with Crippen molar-refractivity contribution in [2.24, 2.45) is 0 Å². The third kappa shape index (κ3) is 2.19. The fourth-order valence-corrected chi connectivity index (χ4v) is 3.01. The maximum Gasteiger partial charge on any atom is 0.215 e. The van der Waals surface area contributed by atoms with Crippen molar-refractivity contribution in [2.75, 3.05) is 5.73 Å². The van der Waals surface area contributed by atoms with Gasteiger partial charge < -0.3 is 14.7 Å². The minimum Gasteiger partial charge on any atom is -0.439 e. The largest absolute Gasteiger partial charge is 0.439 e. The summed E-state index contributed by atoms with van der Waals surface area (Å²) in [5, 5.41) is 2.04. The molecular weight excluding hydrogens is 284 g/mol. The van der Waals surface area contributed by atoms with Crippen molar-refractivity contribution in [1.29, 1.82) is 0 Å². The molecule has 0 saturated heterocycles. The van der Waals surface area contributed by atoms with E-state index in [0.29, 0.717) is 18.1 Å². The highest BCUT2D eigenvalue weighted by molar-refractivity contribution is 7.13. The number of nitrogen functional groups attached to an aromatic ring is 1. The van der Waals surface area contributed by atoms with Gasteiger partial charge in [-0.1, -0.05) is 6.07 Å². The number of nitrogens with zero attached hydrogens (tertiary/aromatic N) is 3. The van der Waals surface area contributed by atoms with Crippen molar-refractivity contribution in [3.63, 3.8) is 0 Å². The number of hydrogen-bond donors (Lipinski definition) is 1. The van der Waals surface area contributed by atoms with E-state index in [9.17, 15) is 0 Å². The van der Waals surface area contributed by atoms with E-state index in [1.807, 2.05) is 40.4 Å². The van der Waals surface area contributed by atoms with Crippen LogP contribution in [0.5, 0.6) is 0 Å². The second kappa shape index (κ2) is 4.75. The third-order valence-electron chi connectivity index (χ3n) is 3.22. The highest BCUT2D eigenvalue weighted by Gasteiger charge is 2.11. The molecule has 0 atom stereocenters. The number of oxazole rings is 1. The van der Waals surface area contributed by atoms with E-state index in [1.165, 1.54) is 0 Å². The lowest BCUT2D eigenvalue weighted by molar-refractivity contribution is 0.510. The minimum atomic E-state index is 0.543. The molecule has 0 fully saturated rings. The molecule has 0 radical (unpaired) electrons. The Morgan fingerprint density at radius 3 is 3.10 bits per heavy atom. The molecule has 4 rings (SSSR count). The summed E-state index contributed by atoms with van der Waals surface area (Å²) in [6, 6.07) is 9.54. The van der Waals surface area contributed by atoms with Crippen LogP contribution in [0, 0.1) is 0 Å². The summed E-state index contributed by atoms with van der Waals surface area (Å²) in [7, 11) is 0. The molecule has 3 aromatic heterocycles. The third-order valence-corrected chi connectivity index (χ3v) is 4.08. The van der Waals surface area contributed by atoms with E-state index in [0.717, 1.165) is 21.8 Å². The summed E-state index contributed by atoms with van der Waals surface area (Å²) >= 11 is 1.66. The highest BCUT2D eigenvalue weighted by atomic mass is 32.1. The average molecular weight is 296 g/mol. The lowest BCUT2D eigenvalue weighted by Crippen LogP contribution is -2.00. The van der Waals surface area contributed by atoms with Crippen LogP contribution in [-0.2, 0) is 6.54 Å². The monoisotopic (exact) mass is 296 g/mol. The molecule has 0 spiro atoms. The fourth-order valence-electron chi connectivity index (χ4n) is 2.27. The minimum absolute atomic E-state index is 0.543. The van der Waals surface area contributed by atoms with Crippen LogP contribution < -0.4 is 5.73 Å². The Kier molecular flexibility index (Phi) is 2.75. The summed E-state index contributed by atoms with van der Waals surface area (Å²) in [4.78, 5) is 10.0. The lowest BCUT2D eigenvalue weighted by atomic mass is 10.3. The Hall–Kier alpha value is -2.60. The van der Waals surface area contributed by atoms with Gasteiger partial charge in [-0.05, 0) is 29.6 Å². The zero-order chi connectivity index (χ0) is 14.2. The Morgan fingerprint density at radius 2 is 2.24 bits per heavy atom. The first kappa shape index (κ1) is 12.2. The zero-order valence-corrected chi connectivity index (χ0v) is 11.9. The summed E-state index contributed by atoms with van der Waals surface area (Å²) < 4.78 is 7.78. The zero-order valence-electron chi connectivity index (χ0n) is 11.1. The van der Waals surface area contributed by atoms with Crippen LogP contribution in [0.15, 0.2) is 52.5 Å². The lowest BCUT2D eigenvalue weighted by Gasteiger charge is -2.02. The molecule has 0 aliphatic rings. The molecule has 0 aliphatic heterocycles. The van der Waals surface area contributed by atoms with Crippen molar-refractivity contribution in [1.82, 2.24) is 14.5 Å². The second-order valence-electron chi connectivity index (χ2n) is 4.69. The number of anilines is 1. The van der Waals surface area contributed by atoms with Gasteiger partial charge in [0, 0.05) is 18.1 Å². The molecule has 5 nitrogen and oxygen atoms in total. The molecule has 0 aliphatic carbocycles. The smallest absolute Gasteiger partial charge is 0.215 e. The highest BCUT2D eigenvalue weighted by Crippen LogP contribution is 2.24. The molecule has 104 valence electrons. The SMILES string of the molecule is Nc1ccc2oc(Cn3ccnc3-c3cccs3)nc2c1. The van der Waals surface area contributed by atoms with Crippen LogP contribution in [0.4, 0.5) is 5.69 Å². The molecular formula is C15H12N4OS. The Balaban J connectivity index is 1.70. The van der Waals surface area contributed by atoms with Gasteiger partial charge in [0.2, 0.25) is 5.89 Å². The van der Waals surface area contributed by atoms with E-state index in [1.54, 1.807) is 17.5 Å². The molecule has 0 amide bonds. The van der Waals surface area contributed by atoms with Crippen molar-refractivity contribution in [3.8, 4) is 10.7 Å². The van der Waals surface area contributed by atoms with Crippen LogP contribution in [0.1, 0.15) is 5.89 Å². The molecule has 0 unspecified atom stereocenters. The van der Waals surface area contributed by atoms with E-state index in [2.05, 4.69) is 16.0 Å². The predicted molar refractivity (Wildman–Crippen MR) is 83.1 cm³/mol. The van der Waals surface area contributed by atoms with E-state index >= 15 is 0 Å². The number of fused-ring (bicyclic) bond motifs is 1. The van der Waals surface area contributed by atoms with E-state index in [-0.39, 0.29) is 0 Å². The van der Waals surface area contributed by atoms with Crippen molar-refractivity contribution < 1.29 is 4.42 Å². The Bertz CT molecular complexity index is 892. The van der Waals surface area contributed by atoms with Gasteiger partial charge in [-0.3, -0.25) is 0 Å². The number of thiophene rings is 1. The van der Waals surface area contributed by atoms with Crippen LogP contribution in [0.2, 0.25) is 0 Å². The molecule has 3 heterocycles. The van der Waals surface area contributed by atoms with Crippen molar-refractivity contribution >= 4 is 28.1 Å². The van der Waals surface area contributed by atoms with E-state index < -0.39 is 0 Å². The number of aromatic nitrogens is 3. The number of nitrogens with two attached hydrogens (primary N) is 1. The maximum absolute atomic E-state index is 5.76. The Morgan fingerprint density at radius 1 is 1.29 bits per heavy atom. The first-order valence-electron chi connectivity index (χ1n) is 6.49. The first-order chi connectivity index (χ1) is 10.3. The summed E-state index contributed by atoms with van der Waals surface area (Å²) in [5.41, 5.74) is 7.97. The molecule has 1 aromatic carbocycles. The van der Waals surface area contributed by atoms with Gasteiger partial charge in [0.15, 0.2) is 5.58 Å². The standard InChI is InChI=1S/C15H12N4OS/c16-10-3-4-12-11(8-10)18-14(20-12)9-19-6-5-17-15(19)13-2-1-7-21-13/h1-8H,9,16H2. The second-order valence-corrected chi connectivity index (χ2v) is 5.64. The van der Waals surface area contributed by atoms with Crippen molar-refractivity contribution in [3.05, 3.63) is 54.0 Å².